The third-order valence-corrected chi connectivity index (χ3v) is 6.48. The number of halogens is 2. The Balaban J connectivity index is 1.32. The standard InChI is InChI=1S/C23H16ClFN6OS/c24-17-11-15(22-28-30-31-29-22)6-7-16(17)23(32)27-19-10-13(4-8-18(19)25)5-9-21-26-20(12-33-21)14-2-1-3-14/h4,6-8,10-12,14H,1-3H2,(H,27,32)(H,28,29,30,31). The van der Waals surface area contributed by atoms with E-state index < -0.39 is 11.7 Å². The molecule has 0 atom stereocenters. The van der Waals surface area contributed by atoms with Crippen molar-refractivity contribution in [1.29, 1.82) is 0 Å². The number of nitrogens with zero attached hydrogens (tertiary/aromatic N) is 4. The molecule has 2 aromatic carbocycles. The molecule has 1 aliphatic carbocycles. The summed E-state index contributed by atoms with van der Waals surface area (Å²) in [4.78, 5) is 17.3. The number of H-pyrrole nitrogens is 1. The van der Waals surface area contributed by atoms with Crippen molar-refractivity contribution in [3.05, 3.63) is 74.4 Å². The SMILES string of the molecule is O=C(Nc1cc(C#Cc2nc(C3CCC3)cs2)ccc1F)c1ccc(-c2nn[nH]n2)cc1Cl. The van der Waals surface area contributed by atoms with E-state index in [9.17, 15) is 9.18 Å². The molecule has 0 unspecified atom stereocenters. The summed E-state index contributed by atoms with van der Waals surface area (Å²) in [7, 11) is 0. The number of nitrogens with one attached hydrogen (secondary N) is 2. The Hall–Kier alpha value is -3.61. The first-order chi connectivity index (χ1) is 16.1. The highest BCUT2D eigenvalue weighted by atomic mass is 35.5. The molecule has 5 rings (SSSR count). The fourth-order valence-corrected chi connectivity index (χ4v) is 4.38. The van der Waals surface area contributed by atoms with Crippen LogP contribution in [-0.4, -0.2) is 31.5 Å². The number of aromatic amines is 1. The third-order valence-electron chi connectivity index (χ3n) is 5.39. The molecule has 7 nitrogen and oxygen atoms in total. The van der Waals surface area contributed by atoms with E-state index in [-0.39, 0.29) is 16.3 Å². The highest BCUT2D eigenvalue weighted by Gasteiger charge is 2.21. The first kappa shape index (κ1) is 21.2. The summed E-state index contributed by atoms with van der Waals surface area (Å²) in [6, 6.07) is 9.02. The van der Waals surface area contributed by atoms with Crippen LogP contribution in [0.25, 0.3) is 11.4 Å². The minimum atomic E-state index is -0.574. The van der Waals surface area contributed by atoms with Gasteiger partial charge >= 0.3 is 0 Å². The number of carbonyl (C=O) groups excluding carboxylic acids is 1. The first-order valence-corrected chi connectivity index (χ1v) is 11.4. The second-order valence-electron chi connectivity index (χ2n) is 7.53. The monoisotopic (exact) mass is 478 g/mol. The number of hydrogen-bond donors (Lipinski definition) is 2. The summed E-state index contributed by atoms with van der Waals surface area (Å²) in [5, 5.41) is 19.1. The van der Waals surface area contributed by atoms with E-state index in [1.807, 2.05) is 0 Å². The maximum absolute atomic E-state index is 14.4. The average molecular weight is 479 g/mol. The van der Waals surface area contributed by atoms with Gasteiger partial charge in [0.05, 0.1) is 22.0 Å². The highest BCUT2D eigenvalue weighted by molar-refractivity contribution is 7.10. The van der Waals surface area contributed by atoms with Crippen LogP contribution in [0.4, 0.5) is 10.1 Å². The second kappa shape index (κ2) is 9.10. The first-order valence-electron chi connectivity index (χ1n) is 10.2. The van der Waals surface area contributed by atoms with Crippen molar-refractivity contribution in [3.8, 4) is 23.2 Å². The zero-order valence-corrected chi connectivity index (χ0v) is 18.7. The molecule has 0 radical (unpaired) electrons. The van der Waals surface area contributed by atoms with Gasteiger partial charge in [0.25, 0.3) is 5.91 Å². The summed E-state index contributed by atoms with van der Waals surface area (Å²) in [5.74, 6) is 5.80. The Labute approximate surface area is 197 Å². The molecular formula is C23H16ClFN6OS. The van der Waals surface area contributed by atoms with Gasteiger partial charge in [-0.05, 0) is 54.3 Å². The van der Waals surface area contributed by atoms with Crippen LogP contribution in [0.15, 0.2) is 41.8 Å². The molecule has 1 fully saturated rings. The Morgan fingerprint density at radius 2 is 2.09 bits per heavy atom. The van der Waals surface area contributed by atoms with Gasteiger partial charge in [-0.3, -0.25) is 4.79 Å². The molecule has 1 amide bonds. The lowest BCUT2D eigenvalue weighted by Gasteiger charge is -2.22. The van der Waals surface area contributed by atoms with Crippen molar-refractivity contribution in [1.82, 2.24) is 25.6 Å². The molecule has 2 heterocycles. The molecular weight excluding hydrogens is 463 g/mol. The number of anilines is 1. The van der Waals surface area contributed by atoms with E-state index in [4.69, 9.17) is 11.6 Å². The van der Waals surface area contributed by atoms with E-state index in [0.717, 1.165) is 10.7 Å². The van der Waals surface area contributed by atoms with Gasteiger partial charge in [0.15, 0.2) is 5.01 Å². The fourth-order valence-electron chi connectivity index (χ4n) is 3.37. The van der Waals surface area contributed by atoms with Gasteiger partial charge in [-0.1, -0.05) is 30.0 Å². The number of thiazole rings is 1. The summed E-state index contributed by atoms with van der Waals surface area (Å²) in [6.45, 7) is 0. The lowest BCUT2D eigenvalue weighted by atomic mass is 9.83. The van der Waals surface area contributed by atoms with Gasteiger partial charge in [0.2, 0.25) is 5.82 Å². The summed E-state index contributed by atoms with van der Waals surface area (Å²) >= 11 is 7.77. The molecule has 2 aromatic heterocycles. The Bertz CT molecular complexity index is 1390. The lowest BCUT2D eigenvalue weighted by molar-refractivity contribution is 0.102. The van der Waals surface area contributed by atoms with E-state index >= 15 is 0 Å². The maximum Gasteiger partial charge on any atom is 0.257 e. The van der Waals surface area contributed by atoms with Crippen LogP contribution in [0.2, 0.25) is 5.02 Å². The number of hydrogen-bond acceptors (Lipinski definition) is 6. The van der Waals surface area contributed by atoms with Gasteiger partial charge in [-0.25, -0.2) is 9.37 Å². The molecule has 10 heteroatoms. The van der Waals surface area contributed by atoms with Crippen LogP contribution >= 0.6 is 22.9 Å². The predicted molar refractivity (Wildman–Crippen MR) is 124 cm³/mol. The average Bonchev–Trinajstić information content (AvgIpc) is 3.45. The Kier molecular flexibility index (Phi) is 5.86. The zero-order valence-electron chi connectivity index (χ0n) is 17.1. The van der Waals surface area contributed by atoms with Crippen molar-refractivity contribution < 1.29 is 9.18 Å². The molecule has 4 aromatic rings. The quantitative estimate of drug-likeness (QED) is 0.401. The molecule has 164 valence electrons. The number of rotatable bonds is 4. The van der Waals surface area contributed by atoms with Crippen molar-refractivity contribution in [2.75, 3.05) is 5.32 Å². The molecule has 33 heavy (non-hydrogen) atoms. The summed E-state index contributed by atoms with van der Waals surface area (Å²) in [6.07, 6.45) is 3.62. The minimum absolute atomic E-state index is 0.0133. The van der Waals surface area contributed by atoms with Crippen LogP contribution in [0, 0.1) is 17.7 Å². The summed E-state index contributed by atoms with van der Waals surface area (Å²) < 4.78 is 14.4. The summed E-state index contributed by atoms with van der Waals surface area (Å²) in [5.41, 5.74) is 2.46. The maximum atomic E-state index is 14.4. The van der Waals surface area contributed by atoms with Crippen LogP contribution in [-0.2, 0) is 0 Å². The van der Waals surface area contributed by atoms with Crippen molar-refractivity contribution in [3.63, 3.8) is 0 Å². The molecule has 1 saturated carbocycles. The normalized spacial score (nSPS) is 13.2. The second-order valence-corrected chi connectivity index (χ2v) is 8.80. The Morgan fingerprint density at radius 3 is 2.82 bits per heavy atom. The molecule has 0 aliphatic heterocycles. The van der Waals surface area contributed by atoms with E-state index in [0.29, 0.717) is 22.9 Å². The molecule has 1 aliphatic rings. The largest absolute Gasteiger partial charge is 0.319 e. The Morgan fingerprint density at radius 1 is 1.21 bits per heavy atom. The minimum Gasteiger partial charge on any atom is -0.319 e. The van der Waals surface area contributed by atoms with Crippen molar-refractivity contribution in [2.45, 2.75) is 25.2 Å². The van der Waals surface area contributed by atoms with E-state index in [2.05, 4.69) is 48.1 Å². The van der Waals surface area contributed by atoms with Crippen LogP contribution < -0.4 is 5.32 Å². The third kappa shape index (κ3) is 4.62. The highest BCUT2D eigenvalue weighted by Crippen LogP contribution is 2.36. The zero-order chi connectivity index (χ0) is 22.8. The molecule has 0 bridgehead atoms. The van der Waals surface area contributed by atoms with Gasteiger partial charge in [0, 0.05) is 22.4 Å². The smallest absolute Gasteiger partial charge is 0.257 e. The number of tetrazole rings is 1. The number of carbonyl (C=O) groups is 1. The van der Waals surface area contributed by atoms with Gasteiger partial charge in [0.1, 0.15) is 5.82 Å². The fraction of sp³-hybridized carbons (Fsp3) is 0.174. The molecule has 0 saturated heterocycles. The van der Waals surface area contributed by atoms with Gasteiger partial charge < -0.3 is 5.32 Å². The van der Waals surface area contributed by atoms with Gasteiger partial charge in [-0.2, -0.15) is 5.21 Å². The topological polar surface area (TPSA) is 96.5 Å². The van der Waals surface area contributed by atoms with Gasteiger partial charge in [-0.15, -0.1) is 21.5 Å². The molecule has 0 spiro atoms. The molecule has 2 N–H and O–H groups in total. The van der Waals surface area contributed by atoms with Crippen LogP contribution in [0.3, 0.4) is 0 Å². The van der Waals surface area contributed by atoms with Crippen molar-refractivity contribution >= 4 is 34.5 Å². The number of aromatic nitrogens is 5. The predicted octanol–water partition coefficient (Wildman–Crippen LogP) is 5.04. The lowest BCUT2D eigenvalue weighted by Crippen LogP contribution is -2.13. The van der Waals surface area contributed by atoms with Crippen LogP contribution in [0.1, 0.15) is 51.8 Å². The van der Waals surface area contributed by atoms with E-state index in [1.54, 1.807) is 18.2 Å². The number of benzene rings is 2. The van der Waals surface area contributed by atoms with Crippen LogP contribution in [0.5, 0.6) is 0 Å². The van der Waals surface area contributed by atoms with E-state index in [1.165, 1.54) is 48.8 Å². The van der Waals surface area contributed by atoms with Crippen molar-refractivity contribution in [2.24, 2.45) is 0 Å². The number of amides is 1.